The van der Waals surface area contributed by atoms with Gasteiger partial charge in [0.15, 0.2) is 5.13 Å². The van der Waals surface area contributed by atoms with Crippen molar-refractivity contribution in [1.82, 2.24) is 4.98 Å². The van der Waals surface area contributed by atoms with Crippen molar-refractivity contribution in [1.29, 1.82) is 0 Å². The number of amides is 1. The minimum absolute atomic E-state index is 0.112. The lowest BCUT2D eigenvalue weighted by atomic mass is 10.1. The van der Waals surface area contributed by atoms with Crippen molar-refractivity contribution in [2.45, 2.75) is 13.8 Å². The third-order valence-electron chi connectivity index (χ3n) is 3.20. The van der Waals surface area contributed by atoms with E-state index in [1.807, 2.05) is 44.2 Å². The molecule has 3 nitrogen and oxygen atoms in total. The number of nitrogens with zero attached hydrogens (tertiary/aromatic N) is 1. The van der Waals surface area contributed by atoms with Crippen molar-refractivity contribution >= 4 is 55.2 Å². The van der Waals surface area contributed by atoms with E-state index in [4.69, 9.17) is 0 Å². The minimum atomic E-state index is -0.112. The number of nitrogens with one attached hydrogen (secondary N) is 1. The van der Waals surface area contributed by atoms with Crippen LogP contribution >= 0.6 is 33.9 Å². The highest BCUT2D eigenvalue weighted by atomic mass is 127. The largest absolute Gasteiger partial charge is 0.298 e. The number of anilines is 1. The molecule has 0 saturated carbocycles. The van der Waals surface area contributed by atoms with Crippen molar-refractivity contribution in [2.24, 2.45) is 0 Å². The summed E-state index contributed by atoms with van der Waals surface area (Å²) in [6, 6.07) is 11.8. The van der Waals surface area contributed by atoms with Crippen molar-refractivity contribution in [3.63, 3.8) is 0 Å². The molecular weight excluding hydrogens is 395 g/mol. The quantitative estimate of drug-likeness (QED) is 0.621. The van der Waals surface area contributed by atoms with Gasteiger partial charge in [0.05, 0.1) is 15.8 Å². The molecule has 0 aliphatic heterocycles. The SMILES string of the molecule is Cc1ccc2nc(NC(=O)c3cccc(C)c3I)sc2c1. The van der Waals surface area contributed by atoms with Gasteiger partial charge in [-0.05, 0) is 65.8 Å². The van der Waals surface area contributed by atoms with Crippen LogP contribution in [0.1, 0.15) is 21.5 Å². The van der Waals surface area contributed by atoms with Crippen LogP contribution in [0.15, 0.2) is 36.4 Å². The Hall–Kier alpha value is -1.47. The van der Waals surface area contributed by atoms with Crippen LogP contribution in [0.3, 0.4) is 0 Å². The predicted octanol–water partition coefficient (Wildman–Crippen LogP) is 4.77. The molecular formula is C16H13IN2OS. The summed E-state index contributed by atoms with van der Waals surface area (Å²) in [7, 11) is 0. The van der Waals surface area contributed by atoms with E-state index in [0.717, 1.165) is 19.4 Å². The molecule has 2 aromatic carbocycles. The fourth-order valence-electron chi connectivity index (χ4n) is 2.07. The third kappa shape index (κ3) is 2.94. The molecule has 0 atom stereocenters. The van der Waals surface area contributed by atoms with E-state index in [2.05, 4.69) is 39.0 Å². The summed E-state index contributed by atoms with van der Waals surface area (Å²) in [6.45, 7) is 4.05. The summed E-state index contributed by atoms with van der Waals surface area (Å²) >= 11 is 3.70. The molecule has 0 saturated heterocycles. The number of hydrogen-bond acceptors (Lipinski definition) is 3. The molecule has 1 aromatic heterocycles. The van der Waals surface area contributed by atoms with Gasteiger partial charge in [0.25, 0.3) is 5.91 Å². The third-order valence-corrected chi connectivity index (χ3v) is 5.57. The number of aromatic nitrogens is 1. The summed E-state index contributed by atoms with van der Waals surface area (Å²) < 4.78 is 2.06. The maximum absolute atomic E-state index is 12.4. The molecule has 1 heterocycles. The lowest BCUT2D eigenvalue weighted by Gasteiger charge is -2.06. The predicted molar refractivity (Wildman–Crippen MR) is 96.2 cm³/mol. The van der Waals surface area contributed by atoms with Gasteiger partial charge in [-0.3, -0.25) is 10.1 Å². The number of carbonyl (C=O) groups excluding carboxylic acids is 1. The first-order valence-corrected chi connectivity index (χ1v) is 8.38. The van der Waals surface area contributed by atoms with Gasteiger partial charge < -0.3 is 0 Å². The van der Waals surface area contributed by atoms with Crippen LogP contribution in [0.4, 0.5) is 5.13 Å². The van der Waals surface area contributed by atoms with E-state index in [-0.39, 0.29) is 5.91 Å². The van der Waals surface area contributed by atoms with Crippen LogP contribution in [0.2, 0.25) is 0 Å². The van der Waals surface area contributed by atoms with E-state index in [9.17, 15) is 4.79 Å². The number of fused-ring (bicyclic) bond motifs is 1. The molecule has 0 unspecified atom stereocenters. The van der Waals surface area contributed by atoms with Crippen molar-refractivity contribution in [2.75, 3.05) is 5.32 Å². The number of aryl methyl sites for hydroxylation is 2. The highest BCUT2D eigenvalue weighted by Crippen LogP contribution is 2.27. The Labute approximate surface area is 140 Å². The molecule has 0 aliphatic rings. The summed E-state index contributed by atoms with van der Waals surface area (Å²) in [5, 5.41) is 3.54. The molecule has 0 spiro atoms. The highest BCUT2D eigenvalue weighted by Gasteiger charge is 2.13. The van der Waals surface area contributed by atoms with Crippen molar-refractivity contribution < 1.29 is 4.79 Å². The molecule has 0 radical (unpaired) electrons. The normalized spacial score (nSPS) is 10.8. The lowest BCUT2D eigenvalue weighted by molar-refractivity contribution is 0.102. The summed E-state index contributed by atoms with van der Waals surface area (Å²) in [5.41, 5.74) is 3.89. The van der Waals surface area contributed by atoms with Gasteiger partial charge in [0.1, 0.15) is 0 Å². The summed E-state index contributed by atoms with van der Waals surface area (Å²) in [4.78, 5) is 16.8. The minimum Gasteiger partial charge on any atom is -0.298 e. The molecule has 0 aliphatic carbocycles. The highest BCUT2D eigenvalue weighted by molar-refractivity contribution is 14.1. The lowest BCUT2D eigenvalue weighted by Crippen LogP contribution is -2.13. The number of halogens is 1. The van der Waals surface area contributed by atoms with Crippen LogP contribution in [0.25, 0.3) is 10.2 Å². The smallest absolute Gasteiger partial charge is 0.258 e. The van der Waals surface area contributed by atoms with Crippen LogP contribution in [0, 0.1) is 17.4 Å². The first-order valence-electron chi connectivity index (χ1n) is 6.48. The van der Waals surface area contributed by atoms with Gasteiger partial charge in [-0.1, -0.05) is 29.5 Å². The molecule has 3 aromatic rings. The van der Waals surface area contributed by atoms with E-state index >= 15 is 0 Å². The number of benzene rings is 2. The zero-order chi connectivity index (χ0) is 15.0. The Balaban J connectivity index is 1.91. The Bertz CT molecular complexity index is 841. The Kier molecular flexibility index (Phi) is 3.95. The van der Waals surface area contributed by atoms with E-state index in [1.54, 1.807) is 0 Å². The standard InChI is InChI=1S/C16H13IN2OS/c1-9-6-7-12-13(8-9)21-16(18-12)19-15(20)11-5-3-4-10(2)14(11)17/h3-8H,1-2H3,(H,18,19,20). The number of carbonyl (C=O) groups is 1. The fourth-order valence-corrected chi connectivity index (χ4v) is 3.64. The van der Waals surface area contributed by atoms with Gasteiger partial charge in [0.2, 0.25) is 0 Å². The van der Waals surface area contributed by atoms with Gasteiger partial charge in [-0.25, -0.2) is 4.98 Å². The Morgan fingerprint density at radius 3 is 2.86 bits per heavy atom. The molecule has 1 N–H and O–H groups in total. The second kappa shape index (κ2) is 5.73. The van der Waals surface area contributed by atoms with E-state index in [0.29, 0.717) is 10.7 Å². The summed E-state index contributed by atoms with van der Waals surface area (Å²) in [5.74, 6) is -0.112. The maximum atomic E-state index is 12.4. The van der Waals surface area contributed by atoms with Gasteiger partial charge in [0, 0.05) is 3.57 Å². The van der Waals surface area contributed by atoms with Crippen LogP contribution < -0.4 is 5.32 Å². The summed E-state index contributed by atoms with van der Waals surface area (Å²) in [6.07, 6.45) is 0. The second-order valence-electron chi connectivity index (χ2n) is 4.88. The fraction of sp³-hybridized carbons (Fsp3) is 0.125. The van der Waals surface area contributed by atoms with E-state index in [1.165, 1.54) is 16.9 Å². The number of thiazole rings is 1. The molecule has 5 heteroatoms. The molecule has 21 heavy (non-hydrogen) atoms. The monoisotopic (exact) mass is 408 g/mol. The number of rotatable bonds is 2. The van der Waals surface area contributed by atoms with Crippen molar-refractivity contribution in [3.8, 4) is 0 Å². The molecule has 0 fully saturated rings. The average molecular weight is 408 g/mol. The van der Waals surface area contributed by atoms with Gasteiger partial charge in [-0.15, -0.1) is 0 Å². The first kappa shape index (κ1) is 14.5. The van der Waals surface area contributed by atoms with Crippen LogP contribution in [0.5, 0.6) is 0 Å². The van der Waals surface area contributed by atoms with Gasteiger partial charge in [-0.2, -0.15) is 0 Å². The molecule has 3 rings (SSSR count). The van der Waals surface area contributed by atoms with Gasteiger partial charge >= 0.3 is 0 Å². The van der Waals surface area contributed by atoms with Crippen LogP contribution in [-0.2, 0) is 0 Å². The van der Waals surface area contributed by atoms with E-state index < -0.39 is 0 Å². The first-order chi connectivity index (χ1) is 10.0. The maximum Gasteiger partial charge on any atom is 0.258 e. The zero-order valence-corrected chi connectivity index (χ0v) is 14.6. The van der Waals surface area contributed by atoms with Crippen LogP contribution in [-0.4, -0.2) is 10.9 Å². The number of hydrogen-bond donors (Lipinski definition) is 1. The average Bonchev–Trinajstić information content (AvgIpc) is 2.83. The topological polar surface area (TPSA) is 42.0 Å². The Morgan fingerprint density at radius 1 is 1.24 bits per heavy atom. The molecule has 0 bridgehead atoms. The van der Waals surface area contributed by atoms with Crippen molar-refractivity contribution in [3.05, 3.63) is 56.7 Å². The Morgan fingerprint density at radius 2 is 2.05 bits per heavy atom. The second-order valence-corrected chi connectivity index (χ2v) is 6.99. The molecule has 106 valence electrons. The zero-order valence-electron chi connectivity index (χ0n) is 11.6. The molecule has 1 amide bonds.